The number of nitrogens with zero attached hydrogens (tertiary/aromatic N) is 2. The van der Waals surface area contributed by atoms with Gasteiger partial charge in [-0.1, -0.05) is 17.7 Å². The number of carbonyl (C=O) groups is 1. The molecular formula is C21H20FN3O3S. The quantitative estimate of drug-likeness (QED) is 0.692. The second-order valence-electron chi connectivity index (χ2n) is 7.25. The van der Waals surface area contributed by atoms with E-state index in [1.807, 2.05) is 6.92 Å². The van der Waals surface area contributed by atoms with Crippen LogP contribution < -0.4 is 5.32 Å². The van der Waals surface area contributed by atoms with Crippen molar-refractivity contribution in [2.24, 2.45) is 0 Å². The van der Waals surface area contributed by atoms with Gasteiger partial charge in [-0.2, -0.15) is 0 Å². The molecule has 1 heterocycles. The molecular weight excluding hydrogens is 393 g/mol. The van der Waals surface area contributed by atoms with Crippen LogP contribution in [0.2, 0.25) is 0 Å². The van der Waals surface area contributed by atoms with Crippen molar-refractivity contribution in [2.75, 3.05) is 5.32 Å². The van der Waals surface area contributed by atoms with Gasteiger partial charge in [0.25, 0.3) is 0 Å². The van der Waals surface area contributed by atoms with Crippen LogP contribution in [0.5, 0.6) is 0 Å². The minimum absolute atomic E-state index is 0.125. The predicted octanol–water partition coefficient (Wildman–Crippen LogP) is 3.65. The number of imidazole rings is 1. The standard InChI is InChI=1S/C21H20FN3O3S/c1-15-3-6-17(7-4-15)29(27,28)21(9-2-10-21)20(26)24-16-5-8-19(18(22)13-16)25-12-11-23-14-25/h3-8,11-14H,2,9-10H2,1H3,(H,24,26). The van der Waals surface area contributed by atoms with Crippen LogP contribution >= 0.6 is 0 Å². The van der Waals surface area contributed by atoms with Crippen molar-refractivity contribution >= 4 is 21.4 Å². The maximum Gasteiger partial charge on any atom is 0.246 e. The van der Waals surface area contributed by atoms with Gasteiger partial charge in [-0.15, -0.1) is 0 Å². The average Bonchev–Trinajstić information content (AvgIpc) is 3.15. The summed E-state index contributed by atoms with van der Waals surface area (Å²) in [6.07, 6.45) is 5.73. The van der Waals surface area contributed by atoms with Gasteiger partial charge in [-0.3, -0.25) is 4.79 Å². The van der Waals surface area contributed by atoms with E-state index in [4.69, 9.17) is 0 Å². The molecule has 2 aromatic carbocycles. The molecule has 150 valence electrons. The fraction of sp³-hybridized carbons (Fsp3) is 0.238. The molecule has 1 saturated carbocycles. The van der Waals surface area contributed by atoms with E-state index in [2.05, 4.69) is 10.3 Å². The first-order valence-electron chi connectivity index (χ1n) is 9.24. The summed E-state index contributed by atoms with van der Waals surface area (Å²) in [7, 11) is -3.87. The fourth-order valence-electron chi connectivity index (χ4n) is 3.50. The number of benzene rings is 2. The summed E-state index contributed by atoms with van der Waals surface area (Å²) < 4.78 is 40.9. The summed E-state index contributed by atoms with van der Waals surface area (Å²) >= 11 is 0. The molecule has 0 bridgehead atoms. The summed E-state index contributed by atoms with van der Waals surface area (Å²) in [5, 5.41) is 2.60. The van der Waals surface area contributed by atoms with E-state index >= 15 is 0 Å². The van der Waals surface area contributed by atoms with Crippen LogP contribution in [0, 0.1) is 12.7 Å². The third-order valence-corrected chi connectivity index (χ3v) is 7.92. The van der Waals surface area contributed by atoms with Gasteiger partial charge in [0.1, 0.15) is 5.82 Å². The van der Waals surface area contributed by atoms with Crippen LogP contribution in [0.4, 0.5) is 10.1 Å². The molecule has 4 rings (SSSR count). The lowest BCUT2D eigenvalue weighted by atomic mass is 9.83. The van der Waals surface area contributed by atoms with Crippen molar-refractivity contribution in [1.82, 2.24) is 9.55 Å². The molecule has 8 heteroatoms. The number of aromatic nitrogens is 2. The van der Waals surface area contributed by atoms with Crippen molar-refractivity contribution in [3.8, 4) is 5.69 Å². The molecule has 1 aliphatic carbocycles. The van der Waals surface area contributed by atoms with Crippen molar-refractivity contribution in [1.29, 1.82) is 0 Å². The normalized spacial score (nSPS) is 15.5. The first-order chi connectivity index (χ1) is 13.8. The fourth-order valence-corrected chi connectivity index (χ4v) is 5.57. The molecule has 1 aromatic heterocycles. The van der Waals surface area contributed by atoms with Gasteiger partial charge < -0.3 is 9.88 Å². The molecule has 1 fully saturated rings. The zero-order valence-corrected chi connectivity index (χ0v) is 16.6. The van der Waals surface area contributed by atoms with E-state index < -0.39 is 26.3 Å². The highest BCUT2D eigenvalue weighted by molar-refractivity contribution is 7.93. The maximum absolute atomic E-state index is 14.5. The molecule has 3 aromatic rings. The van der Waals surface area contributed by atoms with Crippen molar-refractivity contribution < 1.29 is 17.6 Å². The van der Waals surface area contributed by atoms with Crippen molar-refractivity contribution in [3.63, 3.8) is 0 Å². The zero-order valence-electron chi connectivity index (χ0n) is 15.8. The Hall–Kier alpha value is -3.00. The predicted molar refractivity (Wildman–Crippen MR) is 107 cm³/mol. The van der Waals surface area contributed by atoms with Gasteiger partial charge >= 0.3 is 0 Å². The van der Waals surface area contributed by atoms with Crippen LogP contribution in [0.1, 0.15) is 24.8 Å². The Balaban J connectivity index is 1.61. The van der Waals surface area contributed by atoms with E-state index in [1.165, 1.54) is 41.4 Å². The lowest BCUT2D eigenvalue weighted by Crippen LogP contribution is -2.54. The molecule has 0 atom stereocenters. The SMILES string of the molecule is Cc1ccc(S(=O)(=O)C2(C(=O)Nc3ccc(-n4ccnc4)c(F)c3)CCC2)cc1. The number of nitrogens with one attached hydrogen (secondary N) is 1. The largest absolute Gasteiger partial charge is 0.325 e. The average molecular weight is 413 g/mol. The molecule has 29 heavy (non-hydrogen) atoms. The van der Waals surface area contributed by atoms with Crippen molar-refractivity contribution in [3.05, 3.63) is 72.6 Å². The molecule has 0 aliphatic heterocycles. The topological polar surface area (TPSA) is 81.1 Å². The Labute approximate surface area is 168 Å². The van der Waals surface area contributed by atoms with Crippen LogP contribution in [0.3, 0.4) is 0 Å². The Morgan fingerprint density at radius 1 is 1.17 bits per heavy atom. The number of anilines is 1. The molecule has 0 spiro atoms. The second kappa shape index (κ2) is 7.11. The molecule has 0 unspecified atom stereocenters. The third kappa shape index (κ3) is 3.23. The summed E-state index contributed by atoms with van der Waals surface area (Å²) in [4.78, 5) is 17.0. The molecule has 0 saturated heterocycles. The number of rotatable bonds is 5. The Morgan fingerprint density at radius 2 is 1.90 bits per heavy atom. The van der Waals surface area contributed by atoms with E-state index in [1.54, 1.807) is 24.4 Å². The summed E-state index contributed by atoms with van der Waals surface area (Å²) in [5.41, 5.74) is 1.43. The third-order valence-electron chi connectivity index (χ3n) is 5.41. The smallest absolute Gasteiger partial charge is 0.246 e. The highest BCUT2D eigenvalue weighted by atomic mass is 32.2. The van der Waals surface area contributed by atoms with Gasteiger partial charge in [-0.25, -0.2) is 17.8 Å². The molecule has 1 N–H and O–H groups in total. The molecule has 6 nitrogen and oxygen atoms in total. The molecule has 0 radical (unpaired) electrons. The molecule has 1 aliphatic rings. The van der Waals surface area contributed by atoms with E-state index in [0.29, 0.717) is 6.42 Å². The van der Waals surface area contributed by atoms with Crippen LogP contribution in [-0.4, -0.2) is 28.6 Å². The minimum atomic E-state index is -3.87. The summed E-state index contributed by atoms with van der Waals surface area (Å²) in [6.45, 7) is 1.87. The highest BCUT2D eigenvalue weighted by Crippen LogP contribution is 2.43. The first-order valence-corrected chi connectivity index (χ1v) is 10.7. The van der Waals surface area contributed by atoms with E-state index in [0.717, 1.165) is 5.56 Å². The van der Waals surface area contributed by atoms with Gasteiger partial charge in [0.2, 0.25) is 5.91 Å². The van der Waals surface area contributed by atoms with Gasteiger partial charge in [0, 0.05) is 18.1 Å². The Morgan fingerprint density at radius 3 is 2.45 bits per heavy atom. The number of sulfone groups is 1. The minimum Gasteiger partial charge on any atom is -0.325 e. The van der Waals surface area contributed by atoms with Gasteiger partial charge in [0.15, 0.2) is 14.6 Å². The van der Waals surface area contributed by atoms with Crippen molar-refractivity contribution in [2.45, 2.75) is 35.8 Å². The highest BCUT2D eigenvalue weighted by Gasteiger charge is 2.55. The van der Waals surface area contributed by atoms with Crippen LogP contribution in [0.25, 0.3) is 5.69 Å². The number of carbonyl (C=O) groups excluding carboxylic acids is 1. The number of aryl methyl sites for hydroxylation is 1. The van der Waals surface area contributed by atoms with E-state index in [9.17, 15) is 17.6 Å². The lowest BCUT2D eigenvalue weighted by molar-refractivity contribution is -0.120. The molecule has 1 amide bonds. The van der Waals surface area contributed by atoms with Gasteiger partial charge in [-0.05, 0) is 56.5 Å². The second-order valence-corrected chi connectivity index (χ2v) is 9.51. The number of hydrogen-bond donors (Lipinski definition) is 1. The maximum atomic E-state index is 14.5. The number of amides is 1. The zero-order chi connectivity index (χ0) is 20.6. The Bertz CT molecular complexity index is 1150. The Kier molecular flexibility index (Phi) is 4.74. The first kappa shape index (κ1) is 19.3. The lowest BCUT2D eigenvalue weighted by Gasteiger charge is -2.39. The number of halogens is 1. The van der Waals surface area contributed by atoms with E-state index in [-0.39, 0.29) is 29.1 Å². The monoisotopic (exact) mass is 413 g/mol. The summed E-state index contributed by atoms with van der Waals surface area (Å²) in [5.74, 6) is -1.18. The van der Waals surface area contributed by atoms with Gasteiger partial charge in [0.05, 0.1) is 16.9 Å². The summed E-state index contributed by atoms with van der Waals surface area (Å²) in [6, 6.07) is 10.7. The number of hydrogen-bond acceptors (Lipinski definition) is 4. The van der Waals surface area contributed by atoms with Crippen LogP contribution in [-0.2, 0) is 14.6 Å². The van der Waals surface area contributed by atoms with Crippen LogP contribution in [0.15, 0.2) is 66.1 Å².